The molecule has 27 heavy (non-hydrogen) atoms. The Morgan fingerprint density at radius 2 is 1.52 bits per heavy atom. The highest BCUT2D eigenvalue weighted by Crippen LogP contribution is 2.31. The van der Waals surface area contributed by atoms with E-state index in [1.807, 2.05) is 36.9 Å². The van der Waals surface area contributed by atoms with Gasteiger partial charge in [0.15, 0.2) is 0 Å². The molecule has 0 bridgehead atoms. The van der Waals surface area contributed by atoms with Gasteiger partial charge < -0.3 is 4.90 Å². The van der Waals surface area contributed by atoms with Crippen LogP contribution in [0.5, 0.6) is 0 Å². The number of carbonyl (C=O) groups is 1. The predicted molar refractivity (Wildman–Crippen MR) is 112 cm³/mol. The molecule has 1 heterocycles. The molecule has 1 atom stereocenters. The van der Waals surface area contributed by atoms with Gasteiger partial charge in [-0.1, -0.05) is 74.8 Å². The summed E-state index contributed by atoms with van der Waals surface area (Å²) in [5.74, 6) is 0.271. The summed E-state index contributed by atoms with van der Waals surface area (Å²) in [6.07, 6.45) is 0.865. The van der Waals surface area contributed by atoms with Crippen molar-refractivity contribution in [1.82, 2.24) is 9.80 Å². The topological polar surface area (TPSA) is 23.6 Å². The van der Waals surface area contributed by atoms with E-state index in [1.54, 1.807) is 0 Å². The Kier molecular flexibility index (Phi) is 6.23. The van der Waals surface area contributed by atoms with E-state index in [2.05, 4.69) is 48.2 Å². The molecule has 1 fully saturated rings. The van der Waals surface area contributed by atoms with Gasteiger partial charge in [-0.25, -0.2) is 0 Å². The lowest BCUT2D eigenvalue weighted by Gasteiger charge is -2.42. The zero-order valence-corrected chi connectivity index (χ0v) is 17.2. The number of carbonyl (C=O) groups excluding carboxylic acids is 1. The number of hydrogen-bond acceptors (Lipinski definition) is 2. The molecule has 3 nitrogen and oxygen atoms in total. The van der Waals surface area contributed by atoms with Crippen LogP contribution in [0.1, 0.15) is 44.4 Å². The van der Waals surface area contributed by atoms with Crippen molar-refractivity contribution in [2.45, 2.75) is 33.2 Å². The van der Waals surface area contributed by atoms with Gasteiger partial charge in [-0.2, -0.15) is 0 Å². The molecule has 3 rings (SSSR count). The second-order valence-corrected chi connectivity index (χ2v) is 8.37. The molecule has 1 saturated heterocycles. The molecule has 0 aromatic heterocycles. The molecule has 1 aliphatic heterocycles. The van der Waals surface area contributed by atoms with Crippen LogP contribution in [0.15, 0.2) is 54.6 Å². The van der Waals surface area contributed by atoms with E-state index in [1.165, 1.54) is 11.1 Å². The summed E-state index contributed by atoms with van der Waals surface area (Å²) in [6.45, 7) is 9.46. The summed E-state index contributed by atoms with van der Waals surface area (Å²) in [5.41, 5.74) is 2.23. The van der Waals surface area contributed by atoms with Gasteiger partial charge in [-0.15, -0.1) is 0 Å². The van der Waals surface area contributed by atoms with Gasteiger partial charge >= 0.3 is 0 Å². The second-order valence-electron chi connectivity index (χ2n) is 7.93. The van der Waals surface area contributed by atoms with Crippen molar-refractivity contribution in [3.05, 3.63) is 70.7 Å². The van der Waals surface area contributed by atoms with Gasteiger partial charge in [-0.3, -0.25) is 9.69 Å². The summed E-state index contributed by atoms with van der Waals surface area (Å²) in [7, 11) is 0. The molecule has 0 aliphatic carbocycles. The highest BCUT2D eigenvalue weighted by atomic mass is 35.5. The van der Waals surface area contributed by atoms with E-state index in [4.69, 9.17) is 11.6 Å². The average Bonchev–Trinajstić information content (AvgIpc) is 2.70. The Hall–Kier alpha value is -1.84. The largest absolute Gasteiger partial charge is 0.340 e. The molecule has 0 radical (unpaired) electrons. The van der Waals surface area contributed by atoms with Crippen molar-refractivity contribution >= 4 is 17.5 Å². The maximum atomic E-state index is 12.8. The Morgan fingerprint density at radius 3 is 2.07 bits per heavy atom. The van der Waals surface area contributed by atoms with E-state index in [0.717, 1.165) is 37.6 Å². The SMILES string of the molecule is CCC(C)(C)C(=O)N1CCN([C@H](c2ccccc2)c2ccc(Cl)cc2)CC1. The quantitative estimate of drug-likeness (QED) is 0.723. The van der Waals surface area contributed by atoms with E-state index in [9.17, 15) is 4.79 Å². The minimum Gasteiger partial charge on any atom is -0.340 e. The van der Waals surface area contributed by atoms with Crippen molar-refractivity contribution < 1.29 is 4.79 Å². The molecule has 4 heteroatoms. The van der Waals surface area contributed by atoms with E-state index in [0.29, 0.717) is 0 Å². The van der Waals surface area contributed by atoms with Gasteiger partial charge in [0, 0.05) is 36.6 Å². The maximum Gasteiger partial charge on any atom is 0.228 e. The van der Waals surface area contributed by atoms with E-state index >= 15 is 0 Å². The number of hydrogen-bond donors (Lipinski definition) is 0. The van der Waals surface area contributed by atoms with Crippen LogP contribution >= 0.6 is 11.6 Å². The number of rotatable bonds is 5. The fourth-order valence-corrected chi connectivity index (χ4v) is 3.78. The molecule has 1 aliphatic rings. The third-order valence-corrected chi connectivity index (χ3v) is 5.98. The minimum absolute atomic E-state index is 0.180. The smallest absolute Gasteiger partial charge is 0.228 e. The van der Waals surface area contributed by atoms with Crippen molar-refractivity contribution in [2.75, 3.05) is 26.2 Å². The van der Waals surface area contributed by atoms with Crippen LogP contribution < -0.4 is 0 Å². The average molecular weight is 385 g/mol. The van der Waals surface area contributed by atoms with Crippen LogP contribution in [0, 0.1) is 5.41 Å². The summed E-state index contributed by atoms with van der Waals surface area (Å²) in [5, 5.41) is 0.753. The maximum absolute atomic E-state index is 12.8. The van der Waals surface area contributed by atoms with E-state index in [-0.39, 0.29) is 17.4 Å². The predicted octanol–water partition coefficient (Wildman–Crippen LogP) is 5.01. The van der Waals surface area contributed by atoms with Crippen LogP contribution in [-0.2, 0) is 4.79 Å². The molecule has 0 unspecified atom stereocenters. The monoisotopic (exact) mass is 384 g/mol. The van der Waals surface area contributed by atoms with Crippen LogP contribution in [0.4, 0.5) is 0 Å². The molecular formula is C23H29ClN2O. The van der Waals surface area contributed by atoms with E-state index < -0.39 is 0 Å². The van der Waals surface area contributed by atoms with Crippen molar-refractivity contribution in [2.24, 2.45) is 5.41 Å². The lowest BCUT2D eigenvalue weighted by atomic mass is 9.88. The first-order chi connectivity index (χ1) is 12.9. The third kappa shape index (κ3) is 4.53. The first-order valence-electron chi connectivity index (χ1n) is 9.76. The van der Waals surface area contributed by atoms with Crippen LogP contribution in [0.2, 0.25) is 5.02 Å². The highest BCUT2D eigenvalue weighted by molar-refractivity contribution is 6.30. The molecular weight excluding hydrogens is 356 g/mol. The molecule has 1 amide bonds. The van der Waals surface area contributed by atoms with Crippen molar-refractivity contribution in [1.29, 1.82) is 0 Å². The standard InChI is InChI=1S/C23H29ClN2O/c1-4-23(2,3)22(27)26-16-14-25(15-17-26)21(18-8-6-5-7-9-18)19-10-12-20(24)13-11-19/h5-13,21H,4,14-17H2,1-3H3/t21-/m1/s1. The number of benzene rings is 2. The first kappa shape index (κ1) is 19.9. The number of nitrogens with zero attached hydrogens (tertiary/aromatic N) is 2. The number of piperazine rings is 1. The molecule has 144 valence electrons. The van der Waals surface area contributed by atoms with Crippen molar-refractivity contribution in [3.8, 4) is 0 Å². The number of halogens is 1. The lowest BCUT2D eigenvalue weighted by Crippen LogP contribution is -2.52. The van der Waals surface area contributed by atoms with Gasteiger partial charge in [0.25, 0.3) is 0 Å². The molecule has 0 N–H and O–H groups in total. The zero-order valence-electron chi connectivity index (χ0n) is 16.5. The Bertz CT molecular complexity index is 750. The Balaban J connectivity index is 1.79. The van der Waals surface area contributed by atoms with Gasteiger partial charge in [0.1, 0.15) is 0 Å². The molecule has 2 aromatic carbocycles. The highest BCUT2D eigenvalue weighted by Gasteiger charge is 2.34. The van der Waals surface area contributed by atoms with Crippen molar-refractivity contribution in [3.63, 3.8) is 0 Å². The Morgan fingerprint density at radius 1 is 0.963 bits per heavy atom. The normalized spacial score (nSPS) is 17.0. The summed E-state index contributed by atoms with van der Waals surface area (Å²) in [6, 6.07) is 18.9. The van der Waals surface area contributed by atoms with Gasteiger partial charge in [-0.05, 0) is 29.7 Å². The summed E-state index contributed by atoms with van der Waals surface area (Å²) in [4.78, 5) is 17.3. The summed E-state index contributed by atoms with van der Waals surface area (Å²) < 4.78 is 0. The fourth-order valence-electron chi connectivity index (χ4n) is 3.66. The zero-order chi connectivity index (χ0) is 19.4. The number of amides is 1. The third-order valence-electron chi connectivity index (χ3n) is 5.73. The molecule has 0 saturated carbocycles. The second kappa shape index (κ2) is 8.45. The van der Waals surface area contributed by atoms with Crippen LogP contribution in [0.25, 0.3) is 0 Å². The first-order valence-corrected chi connectivity index (χ1v) is 10.1. The Labute approximate surface area is 167 Å². The molecule has 2 aromatic rings. The minimum atomic E-state index is -0.281. The van der Waals surface area contributed by atoms with Crippen LogP contribution in [-0.4, -0.2) is 41.9 Å². The fraction of sp³-hybridized carbons (Fsp3) is 0.435. The lowest BCUT2D eigenvalue weighted by molar-refractivity contribution is -0.142. The van der Waals surface area contributed by atoms with Gasteiger partial charge in [0.05, 0.1) is 6.04 Å². The van der Waals surface area contributed by atoms with Crippen LogP contribution in [0.3, 0.4) is 0 Å². The van der Waals surface area contributed by atoms with Gasteiger partial charge in [0.2, 0.25) is 5.91 Å². The summed E-state index contributed by atoms with van der Waals surface area (Å²) >= 11 is 6.10. The molecule has 0 spiro atoms.